The molecule has 1 aliphatic carbocycles. The number of likely N-dealkylation sites (tertiary alicyclic amines) is 1. The van der Waals surface area contributed by atoms with Crippen LogP contribution in [0.3, 0.4) is 0 Å². The predicted octanol–water partition coefficient (Wildman–Crippen LogP) is 4.06. The summed E-state index contributed by atoms with van der Waals surface area (Å²) in [5.41, 5.74) is 2.15. The van der Waals surface area contributed by atoms with Crippen molar-refractivity contribution in [1.82, 2.24) is 4.90 Å². The maximum atomic E-state index is 12.4. The molecule has 0 bridgehead atoms. The SMILES string of the molecule is C=CC12CN(C(=O)OC(C)(C)C)CC1(c1ccc(C)cc1)C2. The van der Waals surface area contributed by atoms with Gasteiger partial charge in [0.15, 0.2) is 0 Å². The van der Waals surface area contributed by atoms with Crippen LogP contribution in [-0.2, 0) is 10.2 Å². The van der Waals surface area contributed by atoms with Crippen molar-refractivity contribution in [3.63, 3.8) is 0 Å². The Morgan fingerprint density at radius 1 is 1.27 bits per heavy atom. The van der Waals surface area contributed by atoms with E-state index in [1.54, 1.807) is 0 Å². The summed E-state index contributed by atoms with van der Waals surface area (Å²) in [5, 5.41) is 0. The fourth-order valence-corrected chi connectivity index (χ4v) is 3.78. The van der Waals surface area contributed by atoms with Crippen LogP contribution in [-0.4, -0.2) is 29.7 Å². The van der Waals surface area contributed by atoms with E-state index in [2.05, 4.69) is 37.8 Å². The van der Waals surface area contributed by atoms with Gasteiger partial charge in [0.2, 0.25) is 0 Å². The van der Waals surface area contributed by atoms with E-state index in [0.29, 0.717) is 6.54 Å². The van der Waals surface area contributed by atoms with Crippen molar-refractivity contribution in [2.24, 2.45) is 5.41 Å². The van der Waals surface area contributed by atoms with E-state index in [9.17, 15) is 4.79 Å². The molecule has 118 valence electrons. The number of hydrogen-bond acceptors (Lipinski definition) is 2. The van der Waals surface area contributed by atoms with Crippen LogP contribution in [0.15, 0.2) is 36.9 Å². The van der Waals surface area contributed by atoms with Gasteiger partial charge in [-0.05, 0) is 39.7 Å². The van der Waals surface area contributed by atoms with Crippen LogP contribution < -0.4 is 0 Å². The lowest BCUT2D eigenvalue weighted by molar-refractivity contribution is 0.0264. The minimum absolute atomic E-state index is 0.0131. The Morgan fingerprint density at radius 2 is 1.91 bits per heavy atom. The molecule has 1 aliphatic heterocycles. The summed E-state index contributed by atoms with van der Waals surface area (Å²) in [7, 11) is 0. The number of carbonyl (C=O) groups excluding carboxylic acids is 1. The molecule has 22 heavy (non-hydrogen) atoms. The zero-order chi connectivity index (χ0) is 16.2. The summed E-state index contributed by atoms with van der Waals surface area (Å²) >= 11 is 0. The van der Waals surface area contributed by atoms with Gasteiger partial charge in [-0.3, -0.25) is 0 Å². The van der Waals surface area contributed by atoms with Gasteiger partial charge in [-0.25, -0.2) is 4.79 Å². The summed E-state index contributed by atoms with van der Waals surface area (Å²) in [6, 6.07) is 8.68. The Labute approximate surface area is 133 Å². The van der Waals surface area contributed by atoms with Crippen molar-refractivity contribution in [3.05, 3.63) is 48.0 Å². The molecular formula is C19H25NO2. The number of fused-ring (bicyclic) bond motifs is 1. The second-order valence-corrected chi connectivity index (χ2v) is 7.82. The van der Waals surface area contributed by atoms with Crippen LogP contribution in [0.2, 0.25) is 0 Å². The maximum Gasteiger partial charge on any atom is 0.410 e. The average molecular weight is 299 g/mol. The average Bonchev–Trinajstić information content (AvgIpc) is 2.95. The largest absolute Gasteiger partial charge is 0.444 e. The highest BCUT2D eigenvalue weighted by atomic mass is 16.6. The summed E-state index contributed by atoms with van der Waals surface area (Å²) in [5.74, 6) is 0. The van der Waals surface area contributed by atoms with Crippen molar-refractivity contribution in [2.75, 3.05) is 13.1 Å². The normalized spacial score (nSPS) is 29.9. The van der Waals surface area contributed by atoms with Gasteiger partial charge in [-0.1, -0.05) is 35.9 Å². The van der Waals surface area contributed by atoms with Gasteiger partial charge >= 0.3 is 6.09 Å². The first-order chi connectivity index (χ1) is 10.2. The lowest BCUT2D eigenvalue weighted by Crippen LogP contribution is -2.38. The first kappa shape index (κ1) is 15.1. The lowest BCUT2D eigenvalue weighted by Gasteiger charge is -2.26. The lowest BCUT2D eigenvalue weighted by atomic mass is 9.88. The summed E-state index contributed by atoms with van der Waals surface area (Å²) in [6.07, 6.45) is 2.90. The molecular weight excluding hydrogens is 274 g/mol. The molecule has 2 fully saturated rings. The van der Waals surface area contributed by atoms with E-state index < -0.39 is 5.60 Å². The molecule has 1 aromatic rings. The second kappa shape index (κ2) is 4.61. The van der Waals surface area contributed by atoms with Crippen LogP contribution in [0.1, 0.15) is 38.3 Å². The molecule has 1 heterocycles. The zero-order valence-electron chi connectivity index (χ0n) is 14.0. The van der Waals surface area contributed by atoms with Gasteiger partial charge in [-0.2, -0.15) is 0 Å². The van der Waals surface area contributed by atoms with Gasteiger partial charge < -0.3 is 9.64 Å². The molecule has 1 saturated heterocycles. The molecule has 3 nitrogen and oxygen atoms in total. The van der Waals surface area contributed by atoms with E-state index in [1.807, 2.05) is 31.7 Å². The third-order valence-corrected chi connectivity index (χ3v) is 5.03. The van der Waals surface area contributed by atoms with Crippen LogP contribution in [0.4, 0.5) is 4.79 Å². The number of ether oxygens (including phenoxy) is 1. The second-order valence-electron chi connectivity index (χ2n) is 7.82. The third-order valence-electron chi connectivity index (χ3n) is 5.03. The molecule has 0 N–H and O–H groups in total. The third kappa shape index (κ3) is 2.23. The number of piperidine rings is 1. The molecule has 0 aromatic heterocycles. The summed E-state index contributed by atoms with van der Waals surface area (Å²) in [6.45, 7) is 13.3. The Balaban J connectivity index is 1.84. The quantitative estimate of drug-likeness (QED) is 0.771. The van der Waals surface area contributed by atoms with Crippen LogP contribution in [0.5, 0.6) is 0 Å². The molecule has 3 rings (SSSR count). The fraction of sp³-hybridized carbons (Fsp3) is 0.526. The van der Waals surface area contributed by atoms with Crippen molar-refractivity contribution < 1.29 is 9.53 Å². The van der Waals surface area contributed by atoms with E-state index in [-0.39, 0.29) is 16.9 Å². The highest BCUT2D eigenvalue weighted by Crippen LogP contribution is 2.69. The van der Waals surface area contributed by atoms with E-state index in [0.717, 1.165) is 13.0 Å². The zero-order valence-corrected chi connectivity index (χ0v) is 14.0. The topological polar surface area (TPSA) is 29.5 Å². The van der Waals surface area contributed by atoms with Crippen molar-refractivity contribution in [2.45, 2.75) is 45.1 Å². The highest BCUT2D eigenvalue weighted by Gasteiger charge is 2.72. The molecule has 1 aromatic carbocycles. The first-order valence-electron chi connectivity index (χ1n) is 7.90. The molecule has 0 spiro atoms. The highest BCUT2D eigenvalue weighted by molar-refractivity contribution is 5.70. The predicted molar refractivity (Wildman–Crippen MR) is 87.9 cm³/mol. The van der Waals surface area contributed by atoms with E-state index in [4.69, 9.17) is 4.74 Å². The van der Waals surface area contributed by atoms with Gasteiger partial charge in [0, 0.05) is 23.9 Å². The number of aryl methyl sites for hydroxylation is 1. The van der Waals surface area contributed by atoms with Crippen LogP contribution in [0, 0.1) is 12.3 Å². The van der Waals surface area contributed by atoms with Crippen molar-refractivity contribution in [3.8, 4) is 0 Å². The minimum atomic E-state index is -0.456. The molecule has 0 radical (unpaired) electrons. The smallest absolute Gasteiger partial charge is 0.410 e. The number of rotatable bonds is 2. The standard InChI is InChI=1S/C19H25NO2/c1-6-18-11-19(18,15-9-7-14(2)8-10-15)13-20(12-18)16(21)22-17(3,4)5/h6-10H,1,11-13H2,2-5H3. The number of carbonyl (C=O) groups is 1. The molecule has 2 atom stereocenters. The number of nitrogens with zero attached hydrogens (tertiary/aromatic N) is 1. The first-order valence-corrected chi connectivity index (χ1v) is 7.90. The summed E-state index contributed by atoms with van der Waals surface area (Å²) < 4.78 is 5.53. The van der Waals surface area contributed by atoms with Gasteiger partial charge in [0.25, 0.3) is 0 Å². The summed E-state index contributed by atoms with van der Waals surface area (Å²) in [4.78, 5) is 14.2. The molecule has 1 saturated carbocycles. The van der Waals surface area contributed by atoms with Crippen LogP contribution in [0.25, 0.3) is 0 Å². The Hall–Kier alpha value is -1.77. The van der Waals surface area contributed by atoms with Gasteiger partial charge in [0.1, 0.15) is 5.60 Å². The maximum absolute atomic E-state index is 12.4. The number of amides is 1. The van der Waals surface area contributed by atoms with Gasteiger partial charge in [0.05, 0.1) is 0 Å². The van der Waals surface area contributed by atoms with Crippen molar-refractivity contribution in [1.29, 1.82) is 0 Å². The minimum Gasteiger partial charge on any atom is -0.444 e. The molecule has 1 amide bonds. The number of hydrogen-bond donors (Lipinski definition) is 0. The van der Waals surface area contributed by atoms with Crippen molar-refractivity contribution >= 4 is 6.09 Å². The number of benzene rings is 1. The molecule has 3 heteroatoms. The Kier molecular flexibility index (Phi) is 3.17. The molecule has 2 aliphatic rings. The van der Waals surface area contributed by atoms with Crippen LogP contribution >= 0.6 is 0 Å². The Bertz CT molecular complexity index is 613. The Morgan fingerprint density at radius 3 is 2.45 bits per heavy atom. The molecule has 2 unspecified atom stereocenters. The monoisotopic (exact) mass is 299 g/mol. The fourth-order valence-electron chi connectivity index (χ4n) is 3.78. The van der Waals surface area contributed by atoms with E-state index >= 15 is 0 Å². The van der Waals surface area contributed by atoms with Gasteiger partial charge in [-0.15, -0.1) is 6.58 Å². The van der Waals surface area contributed by atoms with E-state index in [1.165, 1.54) is 11.1 Å².